The molecule has 2 atom stereocenters. The molecule has 6 nitrogen and oxygen atoms in total. The van der Waals surface area contributed by atoms with E-state index in [1.165, 1.54) is 37.2 Å². The number of hydrogen-bond donors (Lipinski definition) is 0. The minimum absolute atomic E-state index is 0.0654. The van der Waals surface area contributed by atoms with Crippen LogP contribution in [0.4, 0.5) is 5.82 Å². The third kappa shape index (κ3) is 3.14. The van der Waals surface area contributed by atoms with E-state index in [2.05, 4.69) is 62.6 Å². The molecule has 0 amide bonds. The van der Waals surface area contributed by atoms with Crippen molar-refractivity contribution in [1.82, 2.24) is 24.6 Å². The van der Waals surface area contributed by atoms with Crippen LogP contribution in [0.25, 0.3) is 0 Å². The highest BCUT2D eigenvalue weighted by molar-refractivity contribution is 5.42. The molecule has 0 saturated carbocycles. The topological polar surface area (TPSA) is 50.1 Å². The van der Waals surface area contributed by atoms with Gasteiger partial charge in [0.05, 0.1) is 11.9 Å². The molecule has 3 aliphatic heterocycles. The minimum Gasteiger partial charge on any atom is -0.356 e. The standard InChI is InChI=1S/C21H30N6/c1-21(2,3)19-7-20(23-14-22-19)26-12-16-10-25(11-17(16)13-26)9-15-8-24-27-6-4-5-18(15)27/h7-8,14,16-17H,4-6,9-13H2,1-3H3. The van der Waals surface area contributed by atoms with E-state index in [9.17, 15) is 0 Å². The lowest BCUT2D eigenvalue weighted by Crippen LogP contribution is -2.29. The molecule has 0 aliphatic carbocycles. The molecule has 0 radical (unpaired) electrons. The zero-order chi connectivity index (χ0) is 18.6. The Balaban J connectivity index is 1.23. The van der Waals surface area contributed by atoms with E-state index in [1.807, 2.05) is 0 Å². The SMILES string of the molecule is CC(C)(C)c1cc(N2CC3CN(Cc4cnn5c4CCC5)CC3C2)ncn1. The van der Waals surface area contributed by atoms with Crippen LogP contribution in [0, 0.1) is 11.8 Å². The fourth-order valence-electron chi connectivity index (χ4n) is 5.04. The van der Waals surface area contributed by atoms with Gasteiger partial charge in [-0.1, -0.05) is 20.8 Å². The summed E-state index contributed by atoms with van der Waals surface area (Å²) in [6.07, 6.45) is 6.29. The number of rotatable bonds is 3. The van der Waals surface area contributed by atoms with Crippen LogP contribution in [0.15, 0.2) is 18.6 Å². The summed E-state index contributed by atoms with van der Waals surface area (Å²) in [6.45, 7) is 13.4. The number of fused-ring (bicyclic) bond motifs is 2. The van der Waals surface area contributed by atoms with Gasteiger partial charge in [0.25, 0.3) is 0 Å². The molecule has 2 unspecified atom stereocenters. The highest BCUT2D eigenvalue weighted by Crippen LogP contribution is 2.35. The summed E-state index contributed by atoms with van der Waals surface area (Å²) in [4.78, 5) is 14.2. The maximum atomic E-state index is 4.57. The molecule has 0 aromatic carbocycles. The summed E-state index contributed by atoms with van der Waals surface area (Å²) in [6, 6.07) is 2.19. The molecule has 6 heteroatoms. The predicted molar refractivity (Wildman–Crippen MR) is 106 cm³/mol. The van der Waals surface area contributed by atoms with Gasteiger partial charge in [0, 0.05) is 62.0 Å². The summed E-state index contributed by atoms with van der Waals surface area (Å²) in [5, 5.41) is 4.56. The normalized spacial score (nSPS) is 25.2. The molecule has 27 heavy (non-hydrogen) atoms. The first-order valence-corrected chi connectivity index (χ1v) is 10.3. The maximum absolute atomic E-state index is 4.57. The van der Waals surface area contributed by atoms with Crippen LogP contribution in [0.1, 0.15) is 44.1 Å². The van der Waals surface area contributed by atoms with Gasteiger partial charge in [-0.15, -0.1) is 0 Å². The molecule has 2 aromatic heterocycles. The molecule has 0 N–H and O–H groups in total. The van der Waals surface area contributed by atoms with Crippen molar-refractivity contribution in [3.05, 3.63) is 35.5 Å². The molecular weight excluding hydrogens is 336 g/mol. The highest BCUT2D eigenvalue weighted by Gasteiger charge is 2.40. The number of nitrogens with zero attached hydrogens (tertiary/aromatic N) is 6. The number of aryl methyl sites for hydroxylation is 1. The number of anilines is 1. The molecule has 3 aliphatic rings. The Morgan fingerprint density at radius 3 is 2.59 bits per heavy atom. The van der Waals surface area contributed by atoms with Crippen molar-refractivity contribution in [1.29, 1.82) is 0 Å². The summed E-state index contributed by atoms with van der Waals surface area (Å²) < 4.78 is 2.20. The Bertz CT molecular complexity index is 821. The van der Waals surface area contributed by atoms with Gasteiger partial charge in [0.1, 0.15) is 12.1 Å². The Hall–Kier alpha value is -1.95. The van der Waals surface area contributed by atoms with Crippen LogP contribution in [0.5, 0.6) is 0 Å². The van der Waals surface area contributed by atoms with E-state index in [4.69, 9.17) is 0 Å². The minimum atomic E-state index is 0.0654. The van der Waals surface area contributed by atoms with Gasteiger partial charge in [-0.2, -0.15) is 5.10 Å². The smallest absolute Gasteiger partial charge is 0.132 e. The summed E-state index contributed by atoms with van der Waals surface area (Å²) in [7, 11) is 0. The van der Waals surface area contributed by atoms with Crippen LogP contribution < -0.4 is 4.90 Å². The largest absolute Gasteiger partial charge is 0.356 e. The lowest BCUT2D eigenvalue weighted by molar-refractivity contribution is 0.308. The second-order valence-electron chi connectivity index (χ2n) is 9.57. The van der Waals surface area contributed by atoms with E-state index < -0.39 is 0 Å². The molecule has 2 saturated heterocycles. The van der Waals surface area contributed by atoms with Crippen LogP contribution >= 0.6 is 0 Å². The summed E-state index contributed by atoms with van der Waals surface area (Å²) >= 11 is 0. The van der Waals surface area contributed by atoms with Crippen molar-refractivity contribution in [2.75, 3.05) is 31.1 Å². The zero-order valence-electron chi connectivity index (χ0n) is 16.7. The van der Waals surface area contributed by atoms with Crippen LogP contribution in [-0.4, -0.2) is 50.8 Å². The van der Waals surface area contributed by atoms with Crippen LogP contribution in [-0.2, 0) is 24.9 Å². The van der Waals surface area contributed by atoms with Gasteiger partial charge in [-0.25, -0.2) is 9.97 Å². The van der Waals surface area contributed by atoms with Gasteiger partial charge in [-0.3, -0.25) is 9.58 Å². The molecule has 0 bridgehead atoms. The fraction of sp³-hybridized carbons (Fsp3) is 0.667. The fourth-order valence-corrected chi connectivity index (χ4v) is 5.04. The predicted octanol–water partition coefficient (Wildman–Crippen LogP) is 2.49. The Morgan fingerprint density at radius 1 is 1.07 bits per heavy atom. The van der Waals surface area contributed by atoms with Gasteiger partial charge in [0.15, 0.2) is 0 Å². The summed E-state index contributed by atoms with van der Waals surface area (Å²) in [5.74, 6) is 2.61. The molecule has 2 aromatic rings. The average Bonchev–Trinajstić information content (AvgIpc) is 3.36. The third-order valence-corrected chi connectivity index (χ3v) is 6.52. The van der Waals surface area contributed by atoms with Crippen LogP contribution in [0.3, 0.4) is 0 Å². The lowest BCUT2D eigenvalue weighted by atomic mass is 9.92. The molecule has 144 valence electrons. The van der Waals surface area contributed by atoms with Crippen molar-refractivity contribution in [2.45, 2.75) is 52.1 Å². The quantitative estimate of drug-likeness (QED) is 0.835. The summed E-state index contributed by atoms with van der Waals surface area (Å²) in [5.41, 5.74) is 4.12. The Kier molecular flexibility index (Phi) is 4.00. The zero-order valence-corrected chi connectivity index (χ0v) is 16.7. The average molecular weight is 367 g/mol. The first-order valence-electron chi connectivity index (χ1n) is 10.3. The van der Waals surface area contributed by atoms with E-state index in [0.29, 0.717) is 0 Å². The number of aromatic nitrogens is 4. The number of likely N-dealkylation sites (tertiary alicyclic amines) is 1. The van der Waals surface area contributed by atoms with Gasteiger partial charge in [-0.05, 0) is 24.7 Å². The highest BCUT2D eigenvalue weighted by atomic mass is 15.3. The first-order chi connectivity index (χ1) is 13.0. The molecular formula is C21H30N6. The monoisotopic (exact) mass is 366 g/mol. The Morgan fingerprint density at radius 2 is 1.85 bits per heavy atom. The lowest BCUT2D eigenvalue weighted by Gasteiger charge is -2.24. The Labute approximate surface area is 161 Å². The molecule has 0 spiro atoms. The van der Waals surface area contributed by atoms with Gasteiger partial charge in [0.2, 0.25) is 0 Å². The van der Waals surface area contributed by atoms with E-state index in [-0.39, 0.29) is 5.41 Å². The van der Waals surface area contributed by atoms with Crippen molar-refractivity contribution in [2.24, 2.45) is 11.8 Å². The van der Waals surface area contributed by atoms with Gasteiger partial charge >= 0.3 is 0 Å². The van der Waals surface area contributed by atoms with E-state index in [0.717, 1.165) is 49.5 Å². The van der Waals surface area contributed by atoms with Crippen molar-refractivity contribution in [3.63, 3.8) is 0 Å². The van der Waals surface area contributed by atoms with Crippen molar-refractivity contribution < 1.29 is 0 Å². The number of hydrogen-bond acceptors (Lipinski definition) is 5. The van der Waals surface area contributed by atoms with E-state index >= 15 is 0 Å². The second-order valence-corrected chi connectivity index (χ2v) is 9.57. The van der Waals surface area contributed by atoms with Crippen LogP contribution in [0.2, 0.25) is 0 Å². The maximum Gasteiger partial charge on any atom is 0.132 e. The molecule has 5 heterocycles. The first kappa shape index (κ1) is 17.2. The molecule has 5 rings (SSSR count). The third-order valence-electron chi connectivity index (χ3n) is 6.52. The molecule has 2 fully saturated rings. The van der Waals surface area contributed by atoms with Gasteiger partial charge < -0.3 is 4.90 Å². The van der Waals surface area contributed by atoms with E-state index in [1.54, 1.807) is 6.33 Å². The van der Waals surface area contributed by atoms with Crippen molar-refractivity contribution >= 4 is 5.82 Å². The van der Waals surface area contributed by atoms with Crippen molar-refractivity contribution in [3.8, 4) is 0 Å². The second kappa shape index (κ2) is 6.30.